The molecule has 3 heteroatoms. The van der Waals surface area contributed by atoms with Crippen molar-refractivity contribution < 1.29 is 0 Å². The summed E-state index contributed by atoms with van der Waals surface area (Å²) in [6.07, 6.45) is 5.00. The van der Waals surface area contributed by atoms with Crippen molar-refractivity contribution in [1.82, 2.24) is 15.2 Å². The summed E-state index contributed by atoms with van der Waals surface area (Å²) in [7, 11) is 0. The quantitative estimate of drug-likeness (QED) is 0.809. The maximum absolute atomic E-state index is 4.21. The van der Waals surface area contributed by atoms with Gasteiger partial charge in [0.15, 0.2) is 0 Å². The minimum atomic E-state index is 0.542. The Kier molecular flexibility index (Phi) is 3.69. The largest absolute Gasteiger partial charge is 0.314 e. The predicted molar refractivity (Wildman–Crippen MR) is 61.7 cm³/mol. The van der Waals surface area contributed by atoms with Gasteiger partial charge in [0.05, 0.1) is 0 Å². The molecule has 82 valence electrons. The summed E-state index contributed by atoms with van der Waals surface area (Å²) in [6.45, 7) is 6.76. The maximum atomic E-state index is 4.21. The number of hydrogen-bond acceptors (Lipinski definition) is 3. The van der Waals surface area contributed by atoms with Crippen molar-refractivity contribution in [3.05, 3.63) is 30.1 Å². The molecule has 1 aromatic heterocycles. The zero-order valence-corrected chi connectivity index (χ0v) is 9.32. The van der Waals surface area contributed by atoms with Crippen LogP contribution in [0.3, 0.4) is 0 Å². The molecule has 1 saturated heterocycles. The van der Waals surface area contributed by atoms with Gasteiger partial charge < -0.3 is 5.32 Å². The predicted octanol–water partition coefficient (Wildman–Crippen LogP) is 1.44. The van der Waals surface area contributed by atoms with Crippen LogP contribution in [0.15, 0.2) is 24.5 Å². The Bertz CT molecular complexity index is 280. The second-order valence-electron chi connectivity index (χ2n) is 4.00. The number of nitrogens with one attached hydrogen (secondary N) is 1. The summed E-state index contributed by atoms with van der Waals surface area (Å²) in [5.74, 6) is 0. The Hall–Kier alpha value is -0.930. The first-order chi connectivity index (χ1) is 7.42. The van der Waals surface area contributed by atoms with Gasteiger partial charge in [-0.3, -0.25) is 9.88 Å². The van der Waals surface area contributed by atoms with Crippen molar-refractivity contribution in [2.45, 2.75) is 19.4 Å². The molecule has 1 N–H and O–H groups in total. The first-order valence-corrected chi connectivity index (χ1v) is 5.76. The fourth-order valence-electron chi connectivity index (χ4n) is 2.27. The molecule has 1 unspecified atom stereocenters. The molecule has 1 atom stereocenters. The number of rotatable bonds is 3. The van der Waals surface area contributed by atoms with E-state index in [9.17, 15) is 0 Å². The number of pyridine rings is 1. The van der Waals surface area contributed by atoms with E-state index in [2.05, 4.69) is 28.2 Å². The fourth-order valence-corrected chi connectivity index (χ4v) is 2.27. The SMILES string of the molecule is CCC(c1cccnc1)N1CCNCC1. The van der Waals surface area contributed by atoms with Gasteiger partial charge in [0, 0.05) is 44.6 Å². The molecule has 1 aromatic rings. The molecule has 0 spiro atoms. The summed E-state index contributed by atoms with van der Waals surface area (Å²) in [4.78, 5) is 6.76. The van der Waals surface area contributed by atoms with Crippen LogP contribution in [0.1, 0.15) is 24.9 Å². The Balaban J connectivity index is 2.09. The summed E-state index contributed by atoms with van der Waals surface area (Å²) < 4.78 is 0. The molecule has 15 heavy (non-hydrogen) atoms. The van der Waals surface area contributed by atoms with E-state index >= 15 is 0 Å². The van der Waals surface area contributed by atoms with Gasteiger partial charge in [-0.05, 0) is 18.1 Å². The number of piperazine rings is 1. The molecule has 0 saturated carbocycles. The lowest BCUT2D eigenvalue weighted by Gasteiger charge is -2.34. The molecule has 2 rings (SSSR count). The van der Waals surface area contributed by atoms with Crippen LogP contribution in [-0.2, 0) is 0 Å². The highest BCUT2D eigenvalue weighted by atomic mass is 15.2. The normalized spacial score (nSPS) is 20.1. The van der Waals surface area contributed by atoms with Crippen LogP contribution in [-0.4, -0.2) is 36.1 Å². The van der Waals surface area contributed by atoms with Gasteiger partial charge in [-0.25, -0.2) is 0 Å². The van der Waals surface area contributed by atoms with Gasteiger partial charge in [-0.1, -0.05) is 13.0 Å². The summed E-state index contributed by atoms with van der Waals surface area (Å²) in [5.41, 5.74) is 1.35. The third-order valence-corrected chi connectivity index (χ3v) is 3.05. The lowest BCUT2D eigenvalue weighted by Crippen LogP contribution is -2.45. The van der Waals surface area contributed by atoms with Crippen molar-refractivity contribution in [2.24, 2.45) is 0 Å². The van der Waals surface area contributed by atoms with Crippen LogP contribution < -0.4 is 5.32 Å². The monoisotopic (exact) mass is 205 g/mol. The standard InChI is InChI=1S/C12H19N3/c1-2-12(11-4-3-5-14-10-11)15-8-6-13-7-9-15/h3-5,10,12-13H,2,6-9H2,1H3. The Morgan fingerprint density at radius 2 is 2.27 bits per heavy atom. The lowest BCUT2D eigenvalue weighted by molar-refractivity contribution is 0.169. The molecule has 0 radical (unpaired) electrons. The number of hydrogen-bond donors (Lipinski definition) is 1. The van der Waals surface area contributed by atoms with E-state index in [0.717, 1.165) is 32.6 Å². The Morgan fingerprint density at radius 3 is 2.87 bits per heavy atom. The van der Waals surface area contributed by atoms with Gasteiger partial charge in [0.1, 0.15) is 0 Å². The average Bonchev–Trinajstić information content (AvgIpc) is 2.33. The minimum Gasteiger partial charge on any atom is -0.314 e. The highest BCUT2D eigenvalue weighted by Gasteiger charge is 2.20. The molecule has 1 fully saturated rings. The van der Waals surface area contributed by atoms with Crippen molar-refractivity contribution in [3.8, 4) is 0 Å². The second kappa shape index (κ2) is 5.24. The zero-order chi connectivity index (χ0) is 10.5. The third kappa shape index (κ3) is 2.55. The Labute approximate surface area is 91.5 Å². The molecule has 0 bridgehead atoms. The summed E-state index contributed by atoms with van der Waals surface area (Å²) >= 11 is 0. The van der Waals surface area contributed by atoms with Crippen molar-refractivity contribution in [1.29, 1.82) is 0 Å². The van der Waals surface area contributed by atoms with Crippen LogP contribution in [0.25, 0.3) is 0 Å². The van der Waals surface area contributed by atoms with Crippen molar-refractivity contribution >= 4 is 0 Å². The van der Waals surface area contributed by atoms with Crippen molar-refractivity contribution in [3.63, 3.8) is 0 Å². The van der Waals surface area contributed by atoms with E-state index in [1.165, 1.54) is 5.56 Å². The van der Waals surface area contributed by atoms with Crippen LogP contribution in [0.4, 0.5) is 0 Å². The second-order valence-corrected chi connectivity index (χ2v) is 4.00. The zero-order valence-electron chi connectivity index (χ0n) is 9.32. The topological polar surface area (TPSA) is 28.2 Å². The minimum absolute atomic E-state index is 0.542. The van der Waals surface area contributed by atoms with Crippen LogP contribution >= 0.6 is 0 Å². The van der Waals surface area contributed by atoms with E-state index < -0.39 is 0 Å². The van der Waals surface area contributed by atoms with E-state index in [-0.39, 0.29) is 0 Å². The fraction of sp³-hybridized carbons (Fsp3) is 0.583. The molecule has 2 heterocycles. The van der Waals surface area contributed by atoms with E-state index in [1.807, 2.05) is 18.5 Å². The molecule has 0 aliphatic carbocycles. The number of aromatic nitrogens is 1. The van der Waals surface area contributed by atoms with Crippen LogP contribution in [0.5, 0.6) is 0 Å². The van der Waals surface area contributed by atoms with Gasteiger partial charge in [-0.2, -0.15) is 0 Å². The Morgan fingerprint density at radius 1 is 1.47 bits per heavy atom. The molecular formula is C12H19N3. The molecule has 0 aromatic carbocycles. The van der Waals surface area contributed by atoms with Gasteiger partial charge in [-0.15, -0.1) is 0 Å². The molecule has 1 aliphatic rings. The van der Waals surface area contributed by atoms with E-state index in [0.29, 0.717) is 6.04 Å². The van der Waals surface area contributed by atoms with E-state index in [4.69, 9.17) is 0 Å². The third-order valence-electron chi connectivity index (χ3n) is 3.05. The van der Waals surface area contributed by atoms with Crippen LogP contribution in [0.2, 0.25) is 0 Å². The first-order valence-electron chi connectivity index (χ1n) is 5.76. The maximum Gasteiger partial charge on any atom is 0.0361 e. The highest BCUT2D eigenvalue weighted by molar-refractivity contribution is 5.14. The summed E-state index contributed by atoms with van der Waals surface area (Å²) in [6, 6.07) is 4.75. The molecule has 3 nitrogen and oxygen atoms in total. The van der Waals surface area contributed by atoms with Crippen LogP contribution in [0, 0.1) is 0 Å². The molecule has 1 aliphatic heterocycles. The molecular weight excluding hydrogens is 186 g/mol. The average molecular weight is 205 g/mol. The van der Waals surface area contributed by atoms with Gasteiger partial charge in [0.25, 0.3) is 0 Å². The van der Waals surface area contributed by atoms with Gasteiger partial charge in [0.2, 0.25) is 0 Å². The summed E-state index contributed by atoms with van der Waals surface area (Å²) in [5, 5.41) is 3.39. The molecule has 0 amide bonds. The highest BCUT2D eigenvalue weighted by Crippen LogP contribution is 2.23. The smallest absolute Gasteiger partial charge is 0.0361 e. The first kappa shape index (κ1) is 10.6. The van der Waals surface area contributed by atoms with Gasteiger partial charge >= 0.3 is 0 Å². The lowest BCUT2D eigenvalue weighted by atomic mass is 10.0. The van der Waals surface area contributed by atoms with Crippen molar-refractivity contribution in [2.75, 3.05) is 26.2 Å². The van der Waals surface area contributed by atoms with E-state index in [1.54, 1.807) is 0 Å². The number of nitrogens with zero attached hydrogens (tertiary/aromatic N) is 2.